The van der Waals surface area contributed by atoms with E-state index in [0.717, 1.165) is 6.20 Å². The number of aromatic amines is 1. The Kier molecular flexibility index (Phi) is 5.45. The summed E-state index contributed by atoms with van der Waals surface area (Å²) < 4.78 is 31.2. The van der Waals surface area contributed by atoms with E-state index in [0.29, 0.717) is 0 Å². The van der Waals surface area contributed by atoms with Gasteiger partial charge in [-0.1, -0.05) is 0 Å². The molecule has 1 heterocycles. The highest BCUT2D eigenvalue weighted by molar-refractivity contribution is 7.89. The summed E-state index contributed by atoms with van der Waals surface area (Å²) in [4.78, 5) is 11.6. The number of esters is 1. The minimum atomic E-state index is -3.82. The maximum Gasteiger partial charge on any atom is 0.342 e. The molecule has 1 rings (SSSR count). The van der Waals surface area contributed by atoms with Crippen LogP contribution in [0.2, 0.25) is 0 Å². The largest absolute Gasteiger partial charge is 0.462 e. The Morgan fingerprint density at radius 1 is 1.58 bits per heavy atom. The van der Waals surface area contributed by atoms with Crippen LogP contribution in [0.15, 0.2) is 11.2 Å². The molecule has 0 aliphatic rings. The quantitative estimate of drug-likeness (QED) is 0.582. The number of likely N-dealkylation sites (N-methyl/N-ethyl adjacent to an activating group) is 1. The van der Waals surface area contributed by atoms with Crippen molar-refractivity contribution in [2.75, 3.05) is 20.2 Å². The van der Waals surface area contributed by atoms with E-state index in [1.165, 1.54) is 0 Å². The lowest BCUT2D eigenvalue weighted by Gasteiger charge is -2.11. The Bertz CT molecular complexity index is 525. The topological polar surface area (TPSA) is 113 Å². The van der Waals surface area contributed by atoms with Crippen LogP contribution in [0.25, 0.3) is 0 Å². The third-order valence-electron chi connectivity index (χ3n) is 2.44. The lowest BCUT2D eigenvalue weighted by molar-refractivity contribution is 0.0522. The summed E-state index contributed by atoms with van der Waals surface area (Å²) in [6.45, 7) is 3.81. The zero-order chi connectivity index (χ0) is 14.5. The number of aromatic nitrogens is 2. The average molecular weight is 290 g/mol. The predicted molar refractivity (Wildman–Crippen MR) is 68.3 cm³/mol. The highest BCUT2D eigenvalue weighted by Gasteiger charge is 2.25. The fourth-order valence-corrected chi connectivity index (χ4v) is 2.45. The number of carbonyl (C=O) groups is 1. The van der Waals surface area contributed by atoms with Gasteiger partial charge in [-0.05, 0) is 20.9 Å². The van der Waals surface area contributed by atoms with Crippen LogP contribution in [0.3, 0.4) is 0 Å². The van der Waals surface area contributed by atoms with Crippen molar-refractivity contribution in [3.8, 4) is 0 Å². The number of sulfonamides is 1. The van der Waals surface area contributed by atoms with Gasteiger partial charge in [0.05, 0.1) is 12.8 Å². The highest BCUT2D eigenvalue weighted by atomic mass is 32.2. The zero-order valence-electron chi connectivity index (χ0n) is 11.1. The van der Waals surface area contributed by atoms with Gasteiger partial charge in [-0.15, -0.1) is 0 Å². The van der Waals surface area contributed by atoms with Crippen LogP contribution in [0.5, 0.6) is 0 Å². The van der Waals surface area contributed by atoms with Crippen molar-refractivity contribution in [2.24, 2.45) is 0 Å². The van der Waals surface area contributed by atoms with Gasteiger partial charge in [-0.2, -0.15) is 5.10 Å². The minimum Gasteiger partial charge on any atom is -0.462 e. The van der Waals surface area contributed by atoms with E-state index in [2.05, 4.69) is 20.2 Å². The molecule has 1 unspecified atom stereocenters. The molecule has 0 saturated carbocycles. The highest BCUT2D eigenvalue weighted by Crippen LogP contribution is 2.12. The number of H-pyrrole nitrogens is 1. The van der Waals surface area contributed by atoms with Crippen LogP contribution in [0.4, 0.5) is 0 Å². The summed E-state index contributed by atoms with van der Waals surface area (Å²) in [6.07, 6.45) is 1.13. The molecule has 0 bridgehead atoms. The van der Waals surface area contributed by atoms with E-state index >= 15 is 0 Å². The van der Waals surface area contributed by atoms with Gasteiger partial charge in [0.1, 0.15) is 5.56 Å². The second kappa shape index (κ2) is 6.64. The van der Waals surface area contributed by atoms with Crippen molar-refractivity contribution in [3.63, 3.8) is 0 Å². The number of nitrogens with zero attached hydrogens (tertiary/aromatic N) is 1. The second-order valence-corrected chi connectivity index (χ2v) is 5.58. The molecule has 19 heavy (non-hydrogen) atoms. The maximum atomic E-state index is 12.0. The van der Waals surface area contributed by atoms with Gasteiger partial charge in [-0.25, -0.2) is 17.9 Å². The zero-order valence-corrected chi connectivity index (χ0v) is 11.9. The van der Waals surface area contributed by atoms with Crippen LogP contribution < -0.4 is 10.0 Å². The molecule has 9 heteroatoms. The molecule has 1 aromatic rings. The SMILES string of the molecule is CCOC(=O)c1cn[nH]c1S(=O)(=O)NCC(C)NC. The molecule has 1 aromatic heterocycles. The van der Waals surface area contributed by atoms with E-state index in [9.17, 15) is 13.2 Å². The summed E-state index contributed by atoms with van der Waals surface area (Å²) in [5.41, 5.74) is -0.105. The second-order valence-electron chi connectivity index (χ2n) is 3.87. The maximum absolute atomic E-state index is 12.0. The predicted octanol–water partition coefficient (Wildman–Crippen LogP) is -0.527. The van der Waals surface area contributed by atoms with Gasteiger partial charge >= 0.3 is 5.97 Å². The summed E-state index contributed by atoms with van der Waals surface area (Å²) in [5.74, 6) is -0.724. The van der Waals surface area contributed by atoms with Crippen molar-refractivity contribution >= 4 is 16.0 Å². The number of hydrogen-bond acceptors (Lipinski definition) is 6. The third kappa shape index (κ3) is 4.01. The van der Waals surface area contributed by atoms with Crippen LogP contribution in [0, 0.1) is 0 Å². The smallest absolute Gasteiger partial charge is 0.342 e. The lowest BCUT2D eigenvalue weighted by Crippen LogP contribution is -2.37. The number of rotatable bonds is 7. The van der Waals surface area contributed by atoms with E-state index in [1.807, 2.05) is 6.92 Å². The number of hydrogen-bond donors (Lipinski definition) is 3. The van der Waals surface area contributed by atoms with Crippen LogP contribution in [0.1, 0.15) is 24.2 Å². The molecular formula is C10H18N4O4S. The third-order valence-corrected chi connectivity index (χ3v) is 3.84. The number of carbonyl (C=O) groups excluding carboxylic acids is 1. The molecule has 0 aliphatic carbocycles. The van der Waals surface area contributed by atoms with Crippen molar-refractivity contribution in [2.45, 2.75) is 24.9 Å². The summed E-state index contributed by atoms with van der Waals surface area (Å²) in [7, 11) is -2.10. The standard InChI is InChI=1S/C10H18N4O4S/c1-4-18-10(15)8-6-12-14-9(8)19(16,17)13-5-7(2)11-3/h6-7,11,13H,4-5H2,1-3H3,(H,12,14). The summed E-state index contributed by atoms with van der Waals surface area (Å²) in [5, 5.41) is 8.50. The average Bonchev–Trinajstić information content (AvgIpc) is 2.86. The lowest BCUT2D eigenvalue weighted by atomic mass is 10.4. The molecule has 0 aliphatic heterocycles. The molecule has 0 fully saturated rings. The van der Waals surface area contributed by atoms with Crippen LogP contribution in [-0.4, -0.2) is 50.8 Å². The first-order valence-corrected chi connectivity index (χ1v) is 7.28. The van der Waals surface area contributed by atoms with Crippen LogP contribution in [-0.2, 0) is 14.8 Å². The fourth-order valence-electron chi connectivity index (χ4n) is 1.24. The Morgan fingerprint density at radius 2 is 2.26 bits per heavy atom. The van der Waals surface area contributed by atoms with Gasteiger partial charge in [0.2, 0.25) is 0 Å². The van der Waals surface area contributed by atoms with Gasteiger partial charge in [0.25, 0.3) is 10.0 Å². The molecule has 0 aromatic carbocycles. The van der Waals surface area contributed by atoms with Crippen LogP contribution >= 0.6 is 0 Å². The molecule has 108 valence electrons. The van der Waals surface area contributed by atoms with E-state index in [4.69, 9.17) is 4.74 Å². The van der Waals surface area contributed by atoms with E-state index in [-0.39, 0.29) is 29.8 Å². The summed E-state index contributed by atoms with van der Waals surface area (Å²) in [6, 6.07) is -0.0382. The Hall–Kier alpha value is -1.45. The Labute approximate surface area is 112 Å². The van der Waals surface area contributed by atoms with Gasteiger partial charge in [0, 0.05) is 12.6 Å². The fraction of sp³-hybridized carbons (Fsp3) is 0.600. The molecule has 3 N–H and O–H groups in total. The first-order valence-electron chi connectivity index (χ1n) is 5.79. The molecule has 0 spiro atoms. The molecular weight excluding hydrogens is 272 g/mol. The Morgan fingerprint density at radius 3 is 2.84 bits per heavy atom. The molecule has 0 saturated heterocycles. The van der Waals surface area contributed by atoms with Crippen molar-refractivity contribution < 1.29 is 17.9 Å². The van der Waals surface area contributed by atoms with Crippen molar-refractivity contribution in [1.29, 1.82) is 0 Å². The first kappa shape index (κ1) is 15.6. The minimum absolute atomic E-state index is 0.0382. The number of ether oxygens (including phenoxy) is 1. The van der Waals surface area contributed by atoms with E-state index in [1.54, 1.807) is 14.0 Å². The van der Waals surface area contributed by atoms with Crippen molar-refractivity contribution in [1.82, 2.24) is 20.2 Å². The van der Waals surface area contributed by atoms with E-state index < -0.39 is 16.0 Å². The molecule has 0 amide bonds. The van der Waals surface area contributed by atoms with Gasteiger partial charge in [-0.3, -0.25) is 5.10 Å². The number of nitrogens with one attached hydrogen (secondary N) is 3. The van der Waals surface area contributed by atoms with Crippen molar-refractivity contribution in [3.05, 3.63) is 11.8 Å². The molecule has 0 radical (unpaired) electrons. The summed E-state index contributed by atoms with van der Waals surface area (Å²) >= 11 is 0. The first-order chi connectivity index (χ1) is 8.92. The molecule has 1 atom stereocenters. The Balaban J connectivity index is 2.90. The monoisotopic (exact) mass is 290 g/mol. The van der Waals surface area contributed by atoms with Gasteiger partial charge < -0.3 is 10.1 Å². The molecule has 8 nitrogen and oxygen atoms in total. The normalized spacial score (nSPS) is 13.2. The van der Waals surface area contributed by atoms with Gasteiger partial charge in [0.15, 0.2) is 5.03 Å².